The number of Topliss-reactive ketones (excluding diaryl/α,β-unsaturated/α-hetero) is 1. The highest BCUT2D eigenvalue weighted by Gasteiger charge is 2.49. The number of carbonyl (C=O) groups excluding carboxylic acids is 2. The van der Waals surface area contributed by atoms with Crippen molar-refractivity contribution in [3.05, 3.63) is 17.4 Å². The number of fused-ring (bicyclic) bond motifs is 2. The number of aromatic nitrogens is 3. The van der Waals surface area contributed by atoms with E-state index in [1.807, 2.05) is 20.8 Å². The molecule has 1 aliphatic heterocycles. The van der Waals surface area contributed by atoms with Crippen molar-refractivity contribution in [3.63, 3.8) is 0 Å². The molecule has 2 aromatic rings. The summed E-state index contributed by atoms with van der Waals surface area (Å²) < 4.78 is 52.2. The van der Waals surface area contributed by atoms with Crippen LogP contribution in [-0.2, 0) is 35.7 Å². The Hall–Kier alpha value is -3.26. The van der Waals surface area contributed by atoms with Gasteiger partial charge in [-0.15, -0.1) is 0 Å². The molecule has 2 aromatic heterocycles. The van der Waals surface area contributed by atoms with Gasteiger partial charge in [0, 0.05) is 43.3 Å². The number of nitrogens with zero attached hydrogens (tertiary/aromatic N) is 4. The Kier molecular flexibility index (Phi) is 8.81. The Balaban J connectivity index is 1.24. The molecular formula is C32H44N4O9S. The van der Waals surface area contributed by atoms with Crippen LogP contribution in [-0.4, -0.2) is 84.6 Å². The van der Waals surface area contributed by atoms with Gasteiger partial charge in [-0.05, 0) is 65.7 Å². The van der Waals surface area contributed by atoms with Crippen molar-refractivity contribution in [2.75, 3.05) is 32.6 Å². The molecule has 6 rings (SSSR count). The summed E-state index contributed by atoms with van der Waals surface area (Å²) in [6.45, 7) is 6.74. The minimum Gasteiger partial charge on any atom is -0.477 e. The van der Waals surface area contributed by atoms with E-state index in [-0.39, 0.29) is 42.9 Å². The molecule has 3 aliphatic carbocycles. The van der Waals surface area contributed by atoms with Gasteiger partial charge in [-0.3, -0.25) is 8.98 Å². The van der Waals surface area contributed by atoms with Gasteiger partial charge in [0.1, 0.15) is 17.5 Å². The van der Waals surface area contributed by atoms with Gasteiger partial charge >= 0.3 is 6.09 Å². The van der Waals surface area contributed by atoms with Crippen molar-refractivity contribution in [3.8, 4) is 23.3 Å². The SMILES string of the molecule is CC(C)(C)OC(=O)N1CCC(Oc2cc(OCC3(COS(C)(=O)=O)CC3)nc(-c3noc4c3CCC[C@@]43CCCCC3=O)n2)CC1. The lowest BCUT2D eigenvalue weighted by Gasteiger charge is -2.36. The van der Waals surface area contributed by atoms with Crippen LogP contribution in [0.15, 0.2) is 10.6 Å². The van der Waals surface area contributed by atoms with Crippen molar-refractivity contribution in [2.45, 2.75) is 109 Å². The Morgan fingerprint density at radius 3 is 2.41 bits per heavy atom. The Morgan fingerprint density at radius 1 is 1.02 bits per heavy atom. The molecule has 0 radical (unpaired) electrons. The fourth-order valence-electron chi connectivity index (χ4n) is 6.63. The Morgan fingerprint density at radius 2 is 1.74 bits per heavy atom. The van der Waals surface area contributed by atoms with Crippen LogP contribution in [0.4, 0.5) is 4.79 Å². The standard InChI is InChI=1S/C32H44N4O9S/c1-30(2,3)44-29(38)36-16-10-21(11-17-36)43-25-18-24(41-19-31(14-15-31)20-42-46(4,39)40)33-28(34-25)26-22-8-7-13-32(27(22)45-35-26)12-6-5-9-23(32)37/h18,21H,5-17,19-20H2,1-4H3/t32-/m1/s1. The number of amides is 1. The topological polar surface area (TPSA) is 160 Å². The van der Waals surface area contributed by atoms with Gasteiger partial charge in [0.2, 0.25) is 11.8 Å². The summed E-state index contributed by atoms with van der Waals surface area (Å²) in [5, 5.41) is 4.41. The van der Waals surface area contributed by atoms with Crippen LogP contribution in [0.2, 0.25) is 0 Å². The number of piperidine rings is 1. The van der Waals surface area contributed by atoms with Crippen LogP contribution in [0.3, 0.4) is 0 Å². The first kappa shape index (κ1) is 32.7. The second-order valence-electron chi connectivity index (χ2n) is 14.3. The number of hydrogen-bond donors (Lipinski definition) is 0. The quantitative estimate of drug-likeness (QED) is 0.340. The highest BCUT2D eigenvalue weighted by atomic mass is 32.2. The summed E-state index contributed by atoms with van der Waals surface area (Å²) in [6, 6.07) is 1.62. The molecule has 1 amide bonds. The third-order valence-corrected chi connectivity index (χ3v) is 9.92. The van der Waals surface area contributed by atoms with Crippen LogP contribution in [0.5, 0.6) is 11.8 Å². The monoisotopic (exact) mass is 660 g/mol. The molecule has 13 nitrogen and oxygen atoms in total. The molecule has 3 heterocycles. The fourth-order valence-corrected chi connectivity index (χ4v) is 7.10. The number of likely N-dealkylation sites (tertiary alicyclic amines) is 1. The van der Waals surface area contributed by atoms with Gasteiger partial charge < -0.3 is 23.6 Å². The maximum absolute atomic E-state index is 13.2. The highest BCUT2D eigenvalue weighted by molar-refractivity contribution is 7.85. The van der Waals surface area contributed by atoms with E-state index in [1.165, 1.54) is 0 Å². The zero-order valence-corrected chi connectivity index (χ0v) is 27.9. The lowest BCUT2D eigenvalue weighted by Crippen LogP contribution is -2.44. The van der Waals surface area contributed by atoms with Crippen molar-refractivity contribution >= 4 is 22.0 Å². The van der Waals surface area contributed by atoms with Gasteiger partial charge in [-0.1, -0.05) is 11.6 Å². The first-order chi connectivity index (χ1) is 21.7. The van der Waals surface area contributed by atoms with E-state index in [9.17, 15) is 18.0 Å². The average molecular weight is 661 g/mol. The summed E-state index contributed by atoms with van der Waals surface area (Å²) >= 11 is 0. The number of ketones is 1. The first-order valence-electron chi connectivity index (χ1n) is 16.3. The van der Waals surface area contributed by atoms with Crippen LogP contribution in [0, 0.1) is 5.41 Å². The molecule has 46 heavy (non-hydrogen) atoms. The number of carbonyl (C=O) groups is 2. The molecule has 1 saturated heterocycles. The van der Waals surface area contributed by atoms with Crippen molar-refractivity contribution in [2.24, 2.45) is 5.41 Å². The normalized spacial score (nSPS) is 23.2. The molecule has 14 heteroatoms. The minimum absolute atomic E-state index is 0.0380. The Bertz CT molecular complexity index is 1570. The second kappa shape index (κ2) is 12.4. The van der Waals surface area contributed by atoms with E-state index < -0.39 is 26.5 Å². The molecular weight excluding hydrogens is 616 g/mol. The fraction of sp³-hybridized carbons (Fsp3) is 0.719. The maximum atomic E-state index is 13.2. The molecule has 3 fully saturated rings. The van der Waals surface area contributed by atoms with Crippen molar-refractivity contribution in [1.29, 1.82) is 0 Å². The smallest absolute Gasteiger partial charge is 0.410 e. The number of ether oxygens (including phenoxy) is 3. The molecule has 0 unspecified atom stereocenters. The molecule has 1 spiro atoms. The van der Waals surface area contributed by atoms with Gasteiger partial charge in [-0.25, -0.2) is 4.79 Å². The average Bonchev–Trinajstić information content (AvgIpc) is 3.63. The molecule has 0 aromatic carbocycles. The third-order valence-electron chi connectivity index (χ3n) is 9.38. The summed E-state index contributed by atoms with van der Waals surface area (Å²) in [7, 11) is -3.58. The zero-order valence-electron chi connectivity index (χ0n) is 27.1. The molecule has 1 atom stereocenters. The molecule has 0 bridgehead atoms. The van der Waals surface area contributed by atoms with E-state index in [0.29, 0.717) is 56.1 Å². The molecule has 0 N–H and O–H groups in total. The zero-order chi connectivity index (χ0) is 32.7. The van der Waals surface area contributed by atoms with Gasteiger partial charge in [0.15, 0.2) is 17.3 Å². The van der Waals surface area contributed by atoms with Crippen LogP contribution < -0.4 is 9.47 Å². The summed E-state index contributed by atoms with van der Waals surface area (Å²) in [6.07, 6.45) is 8.66. The summed E-state index contributed by atoms with van der Waals surface area (Å²) in [5.74, 6) is 1.69. The van der Waals surface area contributed by atoms with Gasteiger partial charge in [-0.2, -0.15) is 18.4 Å². The second-order valence-corrected chi connectivity index (χ2v) is 16.0. The Labute approximate surface area is 269 Å². The van der Waals surface area contributed by atoms with Crippen molar-refractivity contribution in [1.82, 2.24) is 20.0 Å². The predicted molar refractivity (Wildman–Crippen MR) is 165 cm³/mol. The van der Waals surface area contributed by atoms with Crippen LogP contribution in [0.25, 0.3) is 11.5 Å². The van der Waals surface area contributed by atoms with E-state index in [0.717, 1.165) is 56.8 Å². The van der Waals surface area contributed by atoms with Crippen LogP contribution in [0.1, 0.15) is 96.3 Å². The highest BCUT2D eigenvalue weighted by Crippen LogP contribution is 2.48. The minimum atomic E-state index is -3.58. The first-order valence-corrected chi connectivity index (χ1v) is 18.1. The molecule has 252 valence electrons. The molecule has 4 aliphatic rings. The summed E-state index contributed by atoms with van der Waals surface area (Å²) in [5.41, 5.74) is -0.285. The lowest BCUT2D eigenvalue weighted by atomic mass is 9.64. The molecule has 2 saturated carbocycles. The van der Waals surface area contributed by atoms with E-state index in [2.05, 4.69) is 10.1 Å². The van der Waals surface area contributed by atoms with Gasteiger partial charge in [0.25, 0.3) is 10.1 Å². The van der Waals surface area contributed by atoms with E-state index in [1.54, 1.807) is 11.0 Å². The lowest BCUT2D eigenvalue weighted by molar-refractivity contribution is -0.128. The summed E-state index contributed by atoms with van der Waals surface area (Å²) in [4.78, 5) is 36.9. The van der Waals surface area contributed by atoms with Crippen LogP contribution >= 0.6 is 0 Å². The number of rotatable bonds is 9. The largest absolute Gasteiger partial charge is 0.477 e. The number of hydrogen-bond acceptors (Lipinski definition) is 12. The van der Waals surface area contributed by atoms with E-state index >= 15 is 0 Å². The van der Waals surface area contributed by atoms with E-state index in [4.69, 9.17) is 27.9 Å². The van der Waals surface area contributed by atoms with Crippen molar-refractivity contribution < 1.29 is 40.9 Å². The van der Waals surface area contributed by atoms with Gasteiger partial charge in [0.05, 0.1) is 31.0 Å². The predicted octanol–water partition coefficient (Wildman–Crippen LogP) is 4.76. The third kappa shape index (κ3) is 7.32. The maximum Gasteiger partial charge on any atom is 0.410 e.